The van der Waals surface area contributed by atoms with E-state index < -0.39 is 0 Å². The lowest BCUT2D eigenvalue weighted by Gasteiger charge is -2.05. The molecule has 3 heteroatoms. The summed E-state index contributed by atoms with van der Waals surface area (Å²) < 4.78 is 5.88. The summed E-state index contributed by atoms with van der Waals surface area (Å²) in [6, 6.07) is 8.12. The highest BCUT2D eigenvalue weighted by Crippen LogP contribution is 2.32. The summed E-state index contributed by atoms with van der Waals surface area (Å²) in [4.78, 5) is 12.1. The number of methoxy groups -OCH3 is 1. The Morgan fingerprint density at radius 3 is 2.75 bits per heavy atom. The predicted octanol–water partition coefficient (Wildman–Crippen LogP) is 3.81. The second kappa shape index (κ2) is 4.26. The van der Waals surface area contributed by atoms with Crippen LogP contribution in [0.4, 0.5) is 0 Å². The number of benzene rings is 1. The van der Waals surface area contributed by atoms with Gasteiger partial charge in [-0.15, -0.1) is 11.3 Å². The van der Waals surface area contributed by atoms with Crippen molar-refractivity contribution in [2.24, 2.45) is 0 Å². The van der Waals surface area contributed by atoms with Crippen LogP contribution < -0.4 is 0 Å². The minimum absolute atomic E-state index is 0.254. The normalized spacial score (nSPS) is 11.0. The molecule has 1 heterocycles. The molecule has 0 fully saturated rings. The van der Waals surface area contributed by atoms with Crippen LogP contribution in [-0.2, 0) is 4.74 Å². The van der Waals surface area contributed by atoms with Gasteiger partial charge in [-0.25, -0.2) is 4.79 Å². The van der Waals surface area contributed by atoms with Gasteiger partial charge in [-0.3, -0.25) is 0 Å². The molecular formula is C13H14O2S. The molecule has 0 amide bonds. The van der Waals surface area contributed by atoms with Gasteiger partial charge in [-0.1, -0.05) is 26.0 Å². The summed E-state index contributed by atoms with van der Waals surface area (Å²) in [6.45, 7) is 4.31. The molecule has 2 aromatic rings. The van der Waals surface area contributed by atoms with E-state index in [4.69, 9.17) is 4.74 Å². The number of carbonyl (C=O) groups excluding carboxylic acids is 1. The lowest BCUT2D eigenvalue weighted by Crippen LogP contribution is -1.96. The monoisotopic (exact) mass is 234 g/mol. The lowest BCUT2D eigenvalue weighted by atomic mass is 9.99. The molecule has 0 N–H and O–H groups in total. The topological polar surface area (TPSA) is 26.3 Å². The smallest absolute Gasteiger partial charge is 0.348 e. The van der Waals surface area contributed by atoms with Gasteiger partial charge in [0.25, 0.3) is 0 Å². The van der Waals surface area contributed by atoms with Crippen molar-refractivity contribution in [3.63, 3.8) is 0 Å². The lowest BCUT2D eigenvalue weighted by molar-refractivity contribution is 0.0606. The molecule has 84 valence electrons. The molecule has 0 aliphatic heterocycles. The third-order valence-corrected chi connectivity index (χ3v) is 3.68. The highest BCUT2D eigenvalue weighted by molar-refractivity contribution is 7.20. The van der Waals surface area contributed by atoms with E-state index in [2.05, 4.69) is 19.9 Å². The van der Waals surface area contributed by atoms with E-state index in [-0.39, 0.29) is 5.97 Å². The van der Waals surface area contributed by atoms with Crippen molar-refractivity contribution in [2.45, 2.75) is 19.8 Å². The van der Waals surface area contributed by atoms with E-state index >= 15 is 0 Å². The molecule has 0 unspecified atom stereocenters. The summed E-state index contributed by atoms with van der Waals surface area (Å²) in [5.41, 5.74) is 1.28. The second-order valence-electron chi connectivity index (χ2n) is 4.02. The maximum Gasteiger partial charge on any atom is 0.348 e. The van der Waals surface area contributed by atoms with Crippen LogP contribution in [0.1, 0.15) is 35.0 Å². The van der Waals surface area contributed by atoms with E-state index in [9.17, 15) is 4.79 Å². The van der Waals surface area contributed by atoms with Crippen LogP contribution in [0.15, 0.2) is 24.3 Å². The fourth-order valence-electron chi connectivity index (χ4n) is 1.79. The Hall–Kier alpha value is -1.35. The van der Waals surface area contributed by atoms with Gasteiger partial charge in [0.1, 0.15) is 4.88 Å². The van der Waals surface area contributed by atoms with Gasteiger partial charge < -0.3 is 4.74 Å². The highest BCUT2D eigenvalue weighted by Gasteiger charge is 2.13. The van der Waals surface area contributed by atoms with Crippen LogP contribution in [0, 0.1) is 0 Å². The third-order valence-electron chi connectivity index (χ3n) is 2.60. The average Bonchev–Trinajstić information content (AvgIpc) is 2.70. The summed E-state index contributed by atoms with van der Waals surface area (Å²) in [6.07, 6.45) is 0. The molecule has 0 radical (unpaired) electrons. The molecule has 0 aliphatic rings. The minimum atomic E-state index is -0.254. The van der Waals surface area contributed by atoms with E-state index in [0.717, 1.165) is 4.70 Å². The van der Waals surface area contributed by atoms with Crippen LogP contribution in [0.3, 0.4) is 0 Å². The maximum atomic E-state index is 11.5. The zero-order chi connectivity index (χ0) is 11.7. The molecule has 1 aromatic carbocycles. The number of hydrogen-bond donors (Lipinski definition) is 0. The molecule has 0 spiro atoms. The molecule has 0 saturated heterocycles. The number of carbonyl (C=O) groups is 1. The first kappa shape index (κ1) is 11.1. The van der Waals surface area contributed by atoms with Crippen molar-refractivity contribution in [1.29, 1.82) is 0 Å². The van der Waals surface area contributed by atoms with Crippen molar-refractivity contribution in [3.8, 4) is 0 Å². The second-order valence-corrected chi connectivity index (χ2v) is 5.10. The molecule has 0 saturated carbocycles. The van der Waals surface area contributed by atoms with Gasteiger partial charge in [0, 0.05) is 4.70 Å². The minimum Gasteiger partial charge on any atom is -0.465 e. The van der Waals surface area contributed by atoms with Gasteiger partial charge in [0.2, 0.25) is 0 Å². The number of hydrogen-bond acceptors (Lipinski definition) is 3. The fourth-order valence-corrected chi connectivity index (χ4v) is 2.80. The van der Waals surface area contributed by atoms with E-state index in [1.807, 2.05) is 18.2 Å². The molecular weight excluding hydrogens is 220 g/mol. The molecule has 2 nitrogen and oxygen atoms in total. The standard InChI is InChI=1S/C13H14O2S/c1-8(2)9-5-4-6-11-10(9)7-12(16-11)13(14)15-3/h4-8H,1-3H3. The summed E-state index contributed by atoms with van der Waals surface area (Å²) in [5.74, 6) is 0.208. The molecule has 0 atom stereocenters. The Kier molecular flexibility index (Phi) is 2.97. The zero-order valence-corrected chi connectivity index (χ0v) is 10.4. The molecule has 16 heavy (non-hydrogen) atoms. The largest absolute Gasteiger partial charge is 0.465 e. The van der Waals surface area contributed by atoms with Crippen LogP contribution in [0.2, 0.25) is 0 Å². The zero-order valence-electron chi connectivity index (χ0n) is 9.61. The van der Waals surface area contributed by atoms with Crippen molar-refractivity contribution in [3.05, 3.63) is 34.7 Å². The first-order valence-corrected chi connectivity index (χ1v) is 6.06. The van der Waals surface area contributed by atoms with Gasteiger partial charge in [-0.05, 0) is 29.0 Å². The van der Waals surface area contributed by atoms with Gasteiger partial charge in [0.05, 0.1) is 7.11 Å². The maximum absolute atomic E-state index is 11.5. The molecule has 2 rings (SSSR count). The Bertz CT molecular complexity index is 526. The van der Waals surface area contributed by atoms with Gasteiger partial charge in [0.15, 0.2) is 0 Å². The number of fused-ring (bicyclic) bond motifs is 1. The van der Waals surface area contributed by atoms with E-state index in [1.54, 1.807) is 0 Å². The molecule has 1 aromatic heterocycles. The number of ether oxygens (including phenoxy) is 1. The molecule has 0 aliphatic carbocycles. The van der Waals surface area contributed by atoms with Gasteiger partial charge in [-0.2, -0.15) is 0 Å². The van der Waals surface area contributed by atoms with E-state index in [0.29, 0.717) is 10.8 Å². The summed E-state index contributed by atoms with van der Waals surface area (Å²) in [7, 11) is 1.41. The fraction of sp³-hybridized carbons (Fsp3) is 0.308. The van der Waals surface area contributed by atoms with Crippen molar-refractivity contribution < 1.29 is 9.53 Å². The SMILES string of the molecule is COC(=O)c1cc2c(C(C)C)cccc2s1. The van der Waals surface area contributed by atoms with Crippen LogP contribution in [0.5, 0.6) is 0 Å². The van der Waals surface area contributed by atoms with Crippen molar-refractivity contribution in [2.75, 3.05) is 7.11 Å². The molecule has 0 bridgehead atoms. The number of esters is 1. The summed E-state index contributed by atoms with van der Waals surface area (Å²) >= 11 is 1.49. The van der Waals surface area contributed by atoms with Gasteiger partial charge >= 0.3 is 5.97 Å². The Balaban J connectivity index is 2.61. The first-order valence-electron chi connectivity index (χ1n) is 5.24. The van der Waals surface area contributed by atoms with Crippen LogP contribution in [-0.4, -0.2) is 13.1 Å². The first-order chi connectivity index (χ1) is 7.63. The third kappa shape index (κ3) is 1.83. The predicted molar refractivity (Wildman–Crippen MR) is 67.3 cm³/mol. The Morgan fingerprint density at radius 1 is 1.38 bits per heavy atom. The van der Waals surface area contributed by atoms with Crippen molar-refractivity contribution >= 4 is 27.4 Å². The number of thiophene rings is 1. The Morgan fingerprint density at radius 2 is 2.12 bits per heavy atom. The van der Waals surface area contributed by atoms with Crippen LogP contribution in [0.25, 0.3) is 10.1 Å². The highest BCUT2D eigenvalue weighted by atomic mass is 32.1. The van der Waals surface area contributed by atoms with Crippen molar-refractivity contribution in [1.82, 2.24) is 0 Å². The van der Waals surface area contributed by atoms with E-state index in [1.165, 1.54) is 29.4 Å². The quantitative estimate of drug-likeness (QED) is 0.738. The summed E-state index contributed by atoms with van der Waals surface area (Å²) in [5, 5.41) is 1.17. The van der Waals surface area contributed by atoms with Crippen LogP contribution >= 0.6 is 11.3 Å². The number of rotatable bonds is 2. The average molecular weight is 234 g/mol. The Labute approximate surface area is 98.9 Å².